The predicted molar refractivity (Wildman–Crippen MR) is 67.4 cm³/mol. The van der Waals surface area contributed by atoms with E-state index in [4.69, 9.17) is 0 Å². The van der Waals surface area contributed by atoms with Crippen LogP contribution < -0.4 is 0 Å². The Labute approximate surface area is 108 Å². The third-order valence-electron chi connectivity index (χ3n) is 2.31. The molecule has 1 amide bonds. The van der Waals surface area contributed by atoms with Crippen LogP contribution in [0.15, 0.2) is 16.6 Å². The van der Waals surface area contributed by atoms with Gasteiger partial charge in [-0.25, -0.2) is 4.39 Å². The van der Waals surface area contributed by atoms with Crippen LogP contribution in [0.4, 0.5) is 4.39 Å². The van der Waals surface area contributed by atoms with Crippen molar-refractivity contribution in [3.8, 4) is 0 Å². The first-order chi connectivity index (χ1) is 7.64. The Morgan fingerprint density at radius 3 is 2.29 bits per heavy atom. The van der Waals surface area contributed by atoms with E-state index in [0.29, 0.717) is 4.47 Å². The standard InChI is InChI=1S/C12H15BrFNO2/c1-12(2,17)10-8(13)5-7(6-9(10)14)11(16)15(3)4/h5-6,17H,1-4H3. The molecule has 1 aromatic carbocycles. The van der Waals surface area contributed by atoms with Crippen molar-refractivity contribution in [2.24, 2.45) is 0 Å². The Kier molecular flexibility index (Phi) is 3.94. The Hall–Kier alpha value is -0.940. The van der Waals surface area contributed by atoms with Gasteiger partial charge in [0.15, 0.2) is 0 Å². The lowest BCUT2D eigenvalue weighted by molar-refractivity contribution is 0.0731. The summed E-state index contributed by atoms with van der Waals surface area (Å²) >= 11 is 3.18. The number of halogens is 2. The van der Waals surface area contributed by atoms with Crippen LogP contribution in [0.3, 0.4) is 0 Å². The molecule has 0 aliphatic carbocycles. The van der Waals surface area contributed by atoms with Gasteiger partial charge in [0.05, 0.1) is 5.60 Å². The molecule has 0 saturated carbocycles. The van der Waals surface area contributed by atoms with Crippen molar-refractivity contribution < 1.29 is 14.3 Å². The van der Waals surface area contributed by atoms with Gasteiger partial charge in [0, 0.05) is 29.7 Å². The molecule has 0 heterocycles. The minimum atomic E-state index is -1.30. The second-order valence-corrected chi connectivity index (χ2v) is 5.43. The zero-order valence-corrected chi connectivity index (χ0v) is 11.8. The first-order valence-corrected chi connectivity index (χ1v) is 5.87. The fourth-order valence-electron chi connectivity index (χ4n) is 1.54. The number of benzene rings is 1. The first kappa shape index (κ1) is 14.1. The second-order valence-electron chi connectivity index (χ2n) is 4.57. The highest BCUT2D eigenvalue weighted by Gasteiger charge is 2.25. The van der Waals surface area contributed by atoms with Crippen LogP contribution >= 0.6 is 15.9 Å². The quantitative estimate of drug-likeness (QED) is 0.912. The van der Waals surface area contributed by atoms with E-state index in [1.807, 2.05) is 0 Å². The summed E-state index contributed by atoms with van der Waals surface area (Å²) in [6, 6.07) is 2.65. The van der Waals surface area contributed by atoms with Gasteiger partial charge in [-0.2, -0.15) is 0 Å². The zero-order valence-electron chi connectivity index (χ0n) is 10.2. The van der Waals surface area contributed by atoms with Crippen molar-refractivity contribution in [1.82, 2.24) is 4.90 Å². The van der Waals surface area contributed by atoms with Crippen molar-refractivity contribution >= 4 is 21.8 Å². The second kappa shape index (κ2) is 4.74. The largest absolute Gasteiger partial charge is 0.386 e. The van der Waals surface area contributed by atoms with E-state index in [1.54, 1.807) is 14.1 Å². The Balaban J connectivity index is 3.33. The lowest BCUT2D eigenvalue weighted by atomic mass is 9.96. The van der Waals surface area contributed by atoms with E-state index in [-0.39, 0.29) is 17.0 Å². The number of hydrogen-bond donors (Lipinski definition) is 1. The molecule has 0 spiro atoms. The molecule has 0 aromatic heterocycles. The fourth-order valence-corrected chi connectivity index (χ4v) is 2.46. The molecule has 94 valence electrons. The molecular weight excluding hydrogens is 289 g/mol. The minimum Gasteiger partial charge on any atom is -0.386 e. The van der Waals surface area contributed by atoms with Crippen LogP contribution in [-0.4, -0.2) is 30.0 Å². The van der Waals surface area contributed by atoms with Gasteiger partial charge in [-0.1, -0.05) is 15.9 Å². The maximum Gasteiger partial charge on any atom is 0.253 e. The van der Waals surface area contributed by atoms with E-state index in [0.717, 1.165) is 6.07 Å². The lowest BCUT2D eigenvalue weighted by Crippen LogP contribution is -2.23. The van der Waals surface area contributed by atoms with Gasteiger partial charge in [0.25, 0.3) is 5.91 Å². The van der Waals surface area contributed by atoms with Gasteiger partial charge in [0.1, 0.15) is 5.82 Å². The topological polar surface area (TPSA) is 40.5 Å². The van der Waals surface area contributed by atoms with Gasteiger partial charge in [0.2, 0.25) is 0 Å². The van der Waals surface area contributed by atoms with Gasteiger partial charge < -0.3 is 10.0 Å². The molecule has 0 atom stereocenters. The summed E-state index contributed by atoms with van der Waals surface area (Å²) in [5, 5.41) is 9.82. The fraction of sp³-hybridized carbons (Fsp3) is 0.417. The third-order valence-corrected chi connectivity index (χ3v) is 2.93. The van der Waals surface area contributed by atoms with Crippen molar-refractivity contribution in [2.75, 3.05) is 14.1 Å². The summed E-state index contributed by atoms with van der Waals surface area (Å²) in [6.07, 6.45) is 0. The lowest BCUT2D eigenvalue weighted by Gasteiger charge is -2.21. The maximum atomic E-state index is 13.9. The highest BCUT2D eigenvalue weighted by atomic mass is 79.9. The number of hydrogen-bond acceptors (Lipinski definition) is 2. The number of carbonyl (C=O) groups is 1. The number of nitrogens with zero attached hydrogens (tertiary/aromatic N) is 1. The summed E-state index contributed by atoms with van der Waals surface area (Å²) in [7, 11) is 3.19. The molecule has 0 saturated heterocycles. The highest BCUT2D eigenvalue weighted by molar-refractivity contribution is 9.10. The molecule has 0 aliphatic heterocycles. The van der Waals surface area contributed by atoms with Crippen LogP contribution in [0, 0.1) is 5.82 Å². The number of aliphatic hydroxyl groups is 1. The van der Waals surface area contributed by atoms with Gasteiger partial charge in [-0.3, -0.25) is 4.79 Å². The summed E-state index contributed by atoms with van der Waals surface area (Å²) in [6.45, 7) is 2.98. The molecule has 3 nitrogen and oxygen atoms in total. The van der Waals surface area contributed by atoms with Crippen molar-refractivity contribution in [1.29, 1.82) is 0 Å². The van der Waals surface area contributed by atoms with E-state index < -0.39 is 11.4 Å². The van der Waals surface area contributed by atoms with E-state index in [1.165, 1.54) is 24.8 Å². The normalized spacial score (nSPS) is 11.5. The van der Waals surface area contributed by atoms with Gasteiger partial charge >= 0.3 is 0 Å². The molecule has 1 aromatic rings. The molecular formula is C12H15BrFNO2. The van der Waals surface area contributed by atoms with E-state index in [2.05, 4.69) is 15.9 Å². The Morgan fingerprint density at radius 1 is 1.41 bits per heavy atom. The van der Waals surface area contributed by atoms with Crippen LogP contribution in [0.2, 0.25) is 0 Å². The van der Waals surface area contributed by atoms with Crippen LogP contribution in [-0.2, 0) is 5.60 Å². The molecule has 0 aliphatic rings. The first-order valence-electron chi connectivity index (χ1n) is 5.08. The summed E-state index contributed by atoms with van der Waals surface area (Å²) in [5.74, 6) is -0.885. The predicted octanol–water partition coefficient (Wildman–Crippen LogP) is 2.52. The Bertz CT molecular complexity index is 429. The van der Waals surface area contributed by atoms with Crippen LogP contribution in [0.1, 0.15) is 29.8 Å². The highest BCUT2D eigenvalue weighted by Crippen LogP contribution is 2.31. The van der Waals surface area contributed by atoms with Crippen LogP contribution in [0.25, 0.3) is 0 Å². The molecule has 0 unspecified atom stereocenters. The van der Waals surface area contributed by atoms with Gasteiger partial charge in [-0.05, 0) is 26.0 Å². The molecule has 17 heavy (non-hydrogen) atoms. The third kappa shape index (κ3) is 3.04. The maximum absolute atomic E-state index is 13.9. The van der Waals surface area contributed by atoms with E-state index in [9.17, 15) is 14.3 Å². The summed E-state index contributed by atoms with van der Waals surface area (Å²) in [4.78, 5) is 13.1. The number of rotatable bonds is 2. The summed E-state index contributed by atoms with van der Waals surface area (Å²) in [5.41, 5.74) is -0.914. The van der Waals surface area contributed by atoms with Crippen molar-refractivity contribution in [2.45, 2.75) is 19.4 Å². The monoisotopic (exact) mass is 303 g/mol. The number of carbonyl (C=O) groups excluding carboxylic acids is 1. The smallest absolute Gasteiger partial charge is 0.253 e. The molecule has 0 bridgehead atoms. The SMILES string of the molecule is CN(C)C(=O)c1cc(F)c(C(C)(C)O)c(Br)c1. The zero-order chi connectivity index (χ0) is 13.4. The summed E-state index contributed by atoms with van der Waals surface area (Å²) < 4.78 is 14.3. The van der Waals surface area contributed by atoms with Crippen LogP contribution in [0.5, 0.6) is 0 Å². The molecule has 0 fully saturated rings. The van der Waals surface area contributed by atoms with E-state index >= 15 is 0 Å². The molecule has 5 heteroatoms. The average Bonchev–Trinajstić information content (AvgIpc) is 2.12. The van der Waals surface area contributed by atoms with Gasteiger partial charge in [-0.15, -0.1) is 0 Å². The van der Waals surface area contributed by atoms with Crippen molar-refractivity contribution in [3.63, 3.8) is 0 Å². The average molecular weight is 304 g/mol. The molecule has 1 rings (SSSR count). The molecule has 1 N–H and O–H groups in total. The minimum absolute atomic E-state index is 0.146. The Morgan fingerprint density at radius 2 is 1.94 bits per heavy atom. The molecule has 0 radical (unpaired) electrons. The number of amides is 1. The van der Waals surface area contributed by atoms with Crippen molar-refractivity contribution in [3.05, 3.63) is 33.5 Å².